The molecule has 2 heterocycles. The van der Waals surface area contributed by atoms with E-state index in [0.29, 0.717) is 11.7 Å². The molecule has 1 aliphatic heterocycles. The topological polar surface area (TPSA) is 91.3 Å². The monoisotopic (exact) mass is 263 g/mol. The molecule has 1 amide bonds. The second kappa shape index (κ2) is 5.79. The summed E-state index contributed by atoms with van der Waals surface area (Å²) in [6.07, 6.45) is 4.29. The number of pyridine rings is 1. The molecule has 0 radical (unpaired) electrons. The number of carboxylic acid groups (broad SMARTS) is 1. The summed E-state index contributed by atoms with van der Waals surface area (Å²) in [6, 6.07) is 1.74. The van der Waals surface area contributed by atoms with Gasteiger partial charge in [-0.1, -0.05) is 0 Å². The molecule has 0 saturated carbocycles. The van der Waals surface area contributed by atoms with Crippen molar-refractivity contribution in [3.05, 3.63) is 24.0 Å². The van der Waals surface area contributed by atoms with Gasteiger partial charge in [0.2, 0.25) is 5.91 Å². The second-order valence-electron chi connectivity index (χ2n) is 4.83. The summed E-state index contributed by atoms with van der Waals surface area (Å²) in [7, 11) is 0. The molecule has 2 unspecified atom stereocenters. The Balaban J connectivity index is 2.02. The number of piperidine rings is 1. The maximum atomic E-state index is 12.1. The van der Waals surface area contributed by atoms with Crippen molar-refractivity contribution in [2.75, 3.05) is 11.9 Å². The van der Waals surface area contributed by atoms with E-state index in [2.05, 4.69) is 15.6 Å². The lowest BCUT2D eigenvalue weighted by Gasteiger charge is -2.27. The molecule has 1 fully saturated rings. The van der Waals surface area contributed by atoms with Crippen molar-refractivity contribution in [3.8, 4) is 0 Å². The van der Waals surface area contributed by atoms with Crippen molar-refractivity contribution in [2.24, 2.45) is 5.92 Å². The first-order valence-electron chi connectivity index (χ1n) is 6.29. The molecule has 3 N–H and O–H groups in total. The molecule has 1 aromatic rings. The van der Waals surface area contributed by atoms with E-state index < -0.39 is 5.97 Å². The van der Waals surface area contributed by atoms with Gasteiger partial charge in [0.1, 0.15) is 0 Å². The van der Waals surface area contributed by atoms with E-state index in [0.717, 1.165) is 19.4 Å². The maximum Gasteiger partial charge on any atom is 0.337 e. The highest BCUT2D eigenvalue weighted by molar-refractivity contribution is 5.94. The lowest BCUT2D eigenvalue weighted by atomic mass is 9.92. The van der Waals surface area contributed by atoms with Crippen LogP contribution in [0.4, 0.5) is 5.69 Å². The fourth-order valence-electron chi connectivity index (χ4n) is 2.24. The van der Waals surface area contributed by atoms with Crippen LogP contribution in [0.5, 0.6) is 0 Å². The molecule has 0 aliphatic carbocycles. The number of nitrogens with zero attached hydrogens (tertiary/aromatic N) is 1. The number of carboxylic acids is 1. The fraction of sp³-hybridized carbons (Fsp3) is 0.462. The maximum absolute atomic E-state index is 12.1. The van der Waals surface area contributed by atoms with E-state index in [1.807, 2.05) is 6.92 Å². The molecular weight excluding hydrogens is 246 g/mol. The van der Waals surface area contributed by atoms with Crippen LogP contribution in [0.15, 0.2) is 18.5 Å². The highest BCUT2D eigenvalue weighted by Crippen LogP contribution is 2.18. The molecule has 1 aliphatic rings. The van der Waals surface area contributed by atoms with Crippen LogP contribution in [0.2, 0.25) is 0 Å². The summed E-state index contributed by atoms with van der Waals surface area (Å²) < 4.78 is 0. The van der Waals surface area contributed by atoms with E-state index >= 15 is 0 Å². The average Bonchev–Trinajstić information content (AvgIpc) is 2.39. The molecule has 0 aromatic carbocycles. The molecule has 1 aromatic heterocycles. The van der Waals surface area contributed by atoms with E-state index in [9.17, 15) is 9.59 Å². The highest BCUT2D eigenvalue weighted by atomic mass is 16.4. The lowest BCUT2D eigenvalue weighted by molar-refractivity contribution is -0.120. The van der Waals surface area contributed by atoms with Crippen LogP contribution in [-0.4, -0.2) is 34.6 Å². The van der Waals surface area contributed by atoms with Crippen LogP contribution in [-0.2, 0) is 4.79 Å². The van der Waals surface area contributed by atoms with Crippen LogP contribution in [0.1, 0.15) is 30.1 Å². The number of hydrogen-bond acceptors (Lipinski definition) is 4. The Kier molecular flexibility index (Phi) is 4.11. The predicted octanol–water partition coefficient (Wildman–Crippen LogP) is 1.11. The predicted molar refractivity (Wildman–Crippen MR) is 70.0 cm³/mol. The van der Waals surface area contributed by atoms with Gasteiger partial charge in [-0.3, -0.25) is 9.78 Å². The molecule has 19 heavy (non-hydrogen) atoms. The summed E-state index contributed by atoms with van der Waals surface area (Å²) >= 11 is 0. The molecule has 102 valence electrons. The van der Waals surface area contributed by atoms with Crippen LogP contribution >= 0.6 is 0 Å². The smallest absolute Gasteiger partial charge is 0.337 e. The lowest BCUT2D eigenvalue weighted by Crippen LogP contribution is -2.40. The molecule has 0 bridgehead atoms. The number of aromatic carboxylic acids is 1. The van der Waals surface area contributed by atoms with Crippen molar-refractivity contribution < 1.29 is 14.7 Å². The van der Waals surface area contributed by atoms with Gasteiger partial charge in [0.05, 0.1) is 17.4 Å². The van der Waals surface area contributed by atoms with Crippen LogP contribution < -0.4 is 10.6 Å². The average molecular weight is 263 g/mol. The Labute approximate surface area is 111 Å². The van der Waals surface area contributed by atoms with Gasteiger partial charge < -0.3 is 15.7 Å². The zero-order chi connectivity index (χ0) is 13.8. The Bertz CT molecular complexity index is 490. The van der Waals surface area contributed by atoms with E-state index in [1.54, 1.807) is 0 Å². The number of rotatable bonds is 3. The first-order chi connectivity index (χ1) is 9.06. The standard InChI is InChI=1S/C13H17N3O3/c1-8-4-9(2-3-15-8)12(17)16-11-5-10(13(18)19)6-14-7-11/h5-9,15H,2-4H2,1H3,(H,16,17)(H,18,19). The van der Waals surface area contributed by atoms with Gasteiger partial charge in [0.25, 0.3) is 0 Å². The van der Waals surface area contributed by atoms with E-state index in [4.69, 9.17) is 5.11 Å². The van der Waals surface area contributed by atoms with Crippen molar-refractivity contribution in [1.82, 2.24) is 10.3 Å². The largest absolute Gasteiger partial charge is 0.478 e. The summed E-state index contributed by atoms with van der Waals surface area (Å²) in [5.74, 6) is -1.17. The highest BCUT2D eigenvalue weighted by Gasteiger charge is 2.24. The third-order valence-electron chi connectivity index (χ3n) is 3.25. The first-order valence-corrected chi connectivity index (χ1v) is 6.29. The van der Waals surface area contributed by atoms with Crippen LogP contribution in [0.25, 0.3) is 0 Å². The van der Waals surface area contributed by atoms with Crippen molar-refractivity contribution in [2.45, 2.75) is 25.8 Å². The second-order valence-corrected chi connectivity index (χ2v) is 4.83. The number of aromatic nitrogens is 1. The Morgan fingerprint density at radius 3 is 2.95 bits per heavy atom. The van der Waals surface area contributed by atoms with Gasteiger partial charge in [-0.25, -0.2) is 4.79 Å². The Hall–Kier alpha value is -1.95. The SMILES string of the molecule is CC1CC(C(=O)Nc2cncc(C(=O)O)c2)CCN1. The minimum atomic E-state index is -1.06. The van der Waals surface area contributed by atoms with Crippen molar-refractivity contribution >= 4 is 17.6 Å². The van der Waals surface area contributed by atoms with Crippen molar-refractivity contribution in [3.63, 3.8) is 0 Å². The van der Waals surface area contributed by atoms with Gasteiger partial charge in [0.15, 0.2) is 0 Å². The third-order valence-corrected chi connectivity index (χ3v) is 3.25. The minimum absolute atomic E-state index is 0.0373. The number of carbonyl (C=O) groups excluding carboxylic acids is 1. The minimum Gasteiger partial charge on any atom is -0.478 e. The Morgan fingerprint density at radius 2 is 2.26 bits per heavy atom. The number of anilines is 1. The van der Waals surface area contributed by atoms with Gasteiger partial charge in [0, 0.05) is 18.2 Å². The molecule has 6 nitrogen and oxygen atoms in total. The molecule has 6 heteroatoms. The summed E-state index contributed by atoms with van der Waals surface area (Å²) in [4.78, 5) is 26.7. The number of hydrogen-bond donors (Lipinski definition) is 3. The normalized spacial score (nSPS) is 22.8. The zero-order valence-corrected chi connectivity index (χ0v) is 10.7. The van der Waals surface area contributed by atoms with Crippen molar-refractivity contribution in [1.29, 1.82) is 0 Å². The molecule has 2 atom stereocenters. The van der Waals surface area contributed by atoms with Crippen LogP contribution in [0, 0.1) is 5.92 Å². The van der Waals surface area contributed by atoms with Crippen LogP contribution in [0.3, 0.4) is 0 Å². The summed E-state index contributed by atoms with van der Waals surface area (Å²) in [5, 5.41) is 14.9. The van der Waals surface area contributed by atoms with Gasteiger partial charge in [-0.2, -0.15) is 0 Å². The van der Waals surface area contributed by atoms with E-state index in [-0.39, 0.29) is 17.4 Å². The fourth-order valence-corrected chi connectivity index (χ4v) is 2.24. The molecule has 1 saturated heterocycles. The third kappa shape index (κ3) is 3.51. The summed E-state index contributed by atoms with van der Waals surface area (Å²) in [5.41, 5.74) is 0.493. The van der Waals surface area contributed by atoms with E-state index in [1.165, 1.54) is 18.5 Å². The first kappa shape index (κ1) is 13.5. The number of amides is 1. The zero-order valence-electron chi connectivity index (χ0n) is 10.7. The summed E-state index contributed by atoms with van der Waals surface area (Å²) in [6.45, 7) is 2.87. The molecule has 2 rings (SSSR count). The number of carbonyl (C=O) groups is 2. The Morgan fingerprint density at radius 1 is 1.47 bits per heavy atom. The molecule has 0 spiro atoms. The van der Waals surface area contributed by atoms with Gasteiger partial charge in [-0.15, -0.1) is 0 Å². The molecular formula is C13H17N3O3. The van der Waals surface area contributed by atoms with Gasteiger partial charge in [-0.05, 0) is 32.4 Å². The quantitative estimate of drug-likeness (QED) is 0.759. The van der Waals surface area contributed by atoms with Gasteiger partial charge >= 0.3 is 5.97 Å². The number of nitrogens with one attached hydrogen (secondary N) is 2.